The fourth-order valence-electron chi connectivity index (χ4n) is 0.941. The highest BCUT2D eigenvalue weighted by Gasteiger charge is 2.30. The normalized spacial score (nSPS) is 34.8. The van der Waals surface area contributed by atoms with Crippen molar-refractivity contribution in [1.29, 1.82) is 0 Å². The highest BCUT2D eigenvalue weighted by molar-refractivity contribution is 5.74. The molecule has 0 unspecified atom stereocenters. The number of carboxylic acids is 1. The maximum Gasteiger partial charge on any atom is 0.323 e. The Morgan fingerprint density at radius 1 is 1.67 bits per heavy atom. The molecule has 1 saturated heterocycles. The molecule has 0 aromatic heterocycles. The van der Waals surface area contributed by atoms with E-state index in [0.29, 0.717) is 13.0 Å². The van der Waals surface area contributed by atoms with Crippen LogP contribution < -0.4 is 5.32 Å². The second-order valence-electron chi connectivity index (χ2n) is 2.13. The quantitative estimate of drug-likeness (QED) is 0.418. The SMILES string of the molecule is O=C(O)[C@H]1NCC[C@@H]1O. The number of nitrogens with one attached hydrogen (secondary N) is 1. The summed E-state index contributed by atoms with van der Waals surface area (Å²) >= 11 is 0. The fourth-order valence-corrected chi connectivity index (χ4v) is 0.941. The highest BCUT2D eigenvalue weighted by atomic mass is 16.4. The molecule has 0 saturated carbocycles. The largest absolute Gasteiger partial charge is 0.480 e. The second kappa shape index (κ2) is 2.33. The molecule has 3 N–H and O–H groups in total. The lowest BCUT2D eigenvalue weighted by Gasteiger charge is -2.06. The average molecular weight is 131 g/mol. The Labute approximate surface area is 52.5 Å². The minimum atomic E-state index is -0.972. The van der Waals surface area contributed by atoms with Crippen molar-refractivity contribution in [2.45, 2.75) is 18.6 Å². The maximum atomic E-state index is 10.2. The molecular weight excluding hydrogens is 122 g/mol. The number of hydrogen-bond donors (Lipinski definition) is 3. The predicted octanol–water partition coefficient (Wildman–Crippen LogP) is -1.21. The Kier molecular flexibility index (Phi) is 1.68. The predicted molar refractivity (Wildman–Crippen MR) is 30.1 cm³/mol. The molecule has 0 amide bonds. The van der Waals surface area contributed by atoms with Crippen LogP contribution >= 0.6 is 0 Å². The van der Waals surface area contributed by atoms with Crippen LogP contribution in [0.4, 0.5) is 0 Å². The second-order valence-corrected chi connectivity index (χ2v) is 2.13. The lowest BCUT2D eigenvalue weighted by Crippen LogP contribution is -2.38. The van der Waals surface area contributed by atoms with Gasteiger partial charge in [0.1, 0.15) is 6.04 Å². The van der Waals surface area contributed by atoms with Crippen LogP contribution in [0.3, 0.4) is 0 Å². The molecule has 0 aromatic carbocycles. The summed E-state index contributed by atoms with van der Waals surface area (Å²) in [7, 11) is 0. The zero-order valence-electron chi connectivity index (χ0n) is 4.87. The van der Waals surface area contributed by atoms with Crippen molar-refractivity contribution in [2.75, 3.05) is 6.54 Å². The monoisotopic (exact) mass is 131 g/mol. The smallest absolute Gasteiger partial charge is 0.323 e. The summed E-state index contributed by atoms with van der Waals surface area (Å²) in [5.74, 6) is -0.972. The third-order valence-corrected chi connectivity index (χ3v) is 1.46. The zero-order valence-corrected chi connectivity index (χ0v) is 4.87. The van der Waals surface area contributed by atoms with Crippen LogP contribution in [0.5, 0.6) is 0 Å². The van der Waals surface area contributed by atoms with E-state index in [4.69, 9.17) is 10.2 Å². The highest BCUT2D eigenvalue weighted by Crippen LogP contribution is 2.05. The molecule has 1 rings (SSSR count). The summed E-state index contributed by atoms with van der Waals surface area (Å²) in [4.78, 5) is 10.2. The van der Waals surface area contributed by atoms with Crippen LogP contribution in [0.1, 0.15) is 6.42 Å². The van der Waals surface area contributed by atoms with E-state index in [1.807, 2.05) is 0 Å². The Morgan fingerprint density at radius 3 is 2.56 bits per heavy atom. The molecule has 4 heteroatoms. The third-order valence-electron chi connectivity index (χ3n) is 1.46. The van der Waals surface area contributed by atoms with Gasteiger partial charge in [-0.2, -0.15) is 0 Å². The van der Waals surface area contributed by atoms with Crippen molar-refractivity contribution < 1.29 is 15.0 Å². The number of carboxylic acid groups (broad SMARTS) is 1. The van der Waals surface area contributed by atoms with Crippen LogP contribution in [0.25, 0.3) is 0 Å². The van der Waals surface area contributed by atoms with Gasteiger partial charge in [-0.05, 0) is 13.0 Å². The molecule has 1 heterocycles. The Balaban J connectivity index is 2.49. The Morgan fingerprint density at radius 2 is 2.33 bits per heavy atom. The van der Waals surface area contributed by atoms with Crippen LogP contribution in [0.2, 0.25) is 0 Å². The molecular formula is C5H9NO3. The molecule has 0 aromatic rings. The van der Waals surface area contributed by atoms with Gasteiger partial charge in [-0.1, -0.05) is 0 Å². The van der Waals surface area contributed by atoms with Gasteiger partial charge in [0, 0.05) is 0 Å². The van der Waals surface area contributed by atoms with Crippen molar-refractivity contribution in [3.05, 3.63) is 0 Å². The van der Waals surface area contributed by atoms with Crippen molar-refractivity contribution in [3.63, 3.8) is 0 Å². The van der Waals surface area contributed by atoms with Crippen LogP contribution in [0.15, 0.2) is 0 Å². The summed E-state index contributed by atoms with van der Waals surface area (Å²) < 4.78 is 0. The first kappa shape index (κ1) is 6.51. The Bertz CT molecular complexity index is 125. The van der Waals surface area contributed by atoms with Gasteiger partial charge in [0.05, 0.1) is 6.10 Å². The van der Waals surface area contributed by atoms with Gasteiger partial charge in [-0.15, -0.1) is 0 Å². The first-order chi connectivity index (χ1) is 4.22. The lowest BCUT2D eigenvalue weighted by atomic mass is 10.2. The fraction of sp³-hybridized carbons (Fsp3) is 0.800. The number of aliphatic hydroxyl groups excluding tert-OH is 1. The van der Waals surface area contributed by atoms with Crippen LogP contribution in [-0.4, -0.2) is 34.9 Å². The van der Waals surface area contributed by atoms with Gasteiger partial charge in [-0.3, -0.25) is 4.79 Å². The van der Waals surface area contributed by atoms with E-state index >= 15 is 0 Å². The third kappa shape index (κ3) is 1.20. The molecule has 0 spiro atoms. The molecule has 0 radical (unpaired) electrons. The summed E-state index contributed by atoms with van der Waals surface area (Å²) in [5, 5.41) is 19.9. The van der Waals surface area contributed by atoms with Crippen molar-refractivity contribution in [1.82, 2.24) is 5.32 Å². The zero-order chi connectivity index (χ0) is 6.85. The van der Waals surface area contributed by atoms with Gasteiger partial charge >= 0.3 is 5.97 Å². The topological polar surface area (TPSA) is 69.6 Å². The molecule has 0 aliphatic carbocycles. The number of aliphatic carboxylic acids is 1. The van der Waals surface area contributed by atoms with E-state index in [-0.39, 0.29) is 0 Å². The molecule has 1 aliphatic rings. The van der Waals surface area contributed by atoms with Gasteiger partial charge in [0.2, 0.25) is 0 Å². The van der Waals surface area contributed by atoms with Crippen molar-refractivity contribution in [2.24, 2.45) is 0 Å². The maximum absolute atomic E-state index is 10.2. The first-order valence-electron chi connectivity index (χ1n) is 2.86. The number of hydrogen-bond acceptors (Lipinski definition) is 3. The molecule has 0 bridgehead atoms. The van der Waals surface area contributed by atoms with Crippen molar-refractivity contribution in [3.8, 4) is 0 Å². The summed E-state index contributed by atoms with van der Waals surface area (Å²) in [6.07, 6.45) is -0.167. The van der Waals surface area contributed by atoms with E-state index in [1.54, 1.807) is 0 Å². The number of carbonyl (C=O) groups is 1. The van der Waals surface area contributed by atoms with Gasteiger partial charge in [-0.25, -0.2) is 0 Å². The Hall–Kier alpha value is -0.610. The van der Waals surface area contributed by atoms with E-state index in [1.165, 1.54) is 0 Å². The molecule has 2 atom stereocenters. The molecule has 52 valence electrons. The summed E-state index contributed by atoms with van der Waals surface area (Å²) in [6.45, 7) is 0.595. The summed E-state index contributed by atoms with van der Waals surface area (Å²) in [5.41, 5.74) is 0. The molecule has 9 heavy (non-hydrogen) atoms. The van der Waals surface area contributed by atoms with Gasteiger partial charge in [0.25, 0.3) is 0 Å². The van der Waals surface area contributed by atoms with Crippen LogP contribution in [-0.2, 0) is 4.79 Å². The number of rotatable bonds is 1. The minimum Gasteiger partial charge on any atom is -0.480 e. The number of aliphatic hydroxyl groups is 1. The standard InChI is InChI=1S/C5H9NO3/c7-3-1-2-6-4(3)5(8)9/h3-4,6-7H,1-2H2,(H,8,9)/t3-,4-/m0/s1. The minimum absolute atomic E-state index is 0.539. The van der Waals surface area contributed by atoms with E-state index in [9.17, 15) is 4.79 Å². The molecule has 1 fully saturated rings. The molecule has 1 aliphatic heterocycles. The van der Waals surface area contributed by atoms with E-state index in [0.717, 1.165) is 0 Å². The van der Waals surface area contributed by atoms with Crippen molar-refractivity contribution >= 4 is 5.97 Å². The lowest BCUT2D eigenvalue weighted by molar-refractivity contribution is -0.141. The summed E-state index contributed by atoms with van der Waals surface area (Å²) in [6, 6.07) is -0.745. The van der Waals surface area contributed by atoms with Gasteiger partial charge < -0.3 is 15.5 Å². The average Bonchev–Trinajstić information content (AvgIpc) is 2.13. The molecule has 4 nitrogen and oxygen atoms in total. The first-order valence-corrected chi connectivity index (χ1v) is 2.86. The van der Waals surface area contributed by atoms with E-state index < -0.39 is 18.1 Å². The van der Waals surface area contributed by atoms with E-state index in [2.05, 4.69) is 5.32 Å². The van der Waals surface area contributed by atoms with Crippen LogP contribution in [0, 0.1) is 0 Å². The van der Waals surface area contributed by atoms with Gasteiger partial charge in [0.15, 0.2) is 0 Å².